The van der Waals surface area contributed by atoms with Gasteiger partial charge in [0.15, 0.2) is 5.58 Å². The molecule has 3 aromatic carbocycles. The number of carbonyl (C=O) groups is 2. The summed E-state index contributed by atoms with van der Waals surface area (Å²) in [7, 11) is 0. The zero-order valence-corrected chi connectivity index (χ0v) is 19.9. The maximum absolute atomic E-state index is 12.7. The van der Waals surface area contributed by atoms with Crippen LogP contribution in [0.2, 0.25) is 5.02 Å². The number of allylic oxidation sites excluding steroid dienone is 1. The zero-order chi connectivity index (χ0) is 25.4. The van der Waals surface area contributed by atoms with Gasteiger partial charge >= 0.3 is 6.01 Å². The van der Waals surface area contributed by atoms with E-state index in [2.05, 4.69) is 10.3 Å². The molecule has 5 rings (SSSR count). The molecule has 4 aromatic rings. The summed E-state index contributed by atoms with van der Waals surface area (Å²) in [6, 6.07) is 20.5. The molecule has 1 atom stereocenters. The number of carbonyl (C=O) groups excluding carboxylic acids is 2. The Morgan fingerprint density at radius 3 is 2.33 bits per heavy atom. The lowest BCUT2D eigenvalue weighted by Crippen LogP contribution is -2.41. The van der Waals surface area contributed by atoms with Gasteiger partial charge in [-0.15, -0.1) is 0 Å². The molecule has 1 aliphatic heterocycles. The van der Waals surface area contributed by atoms with Crippen molar-refractivity contribution in [3.8, 4) is 0 Å². The molecule has 5 N–H and O–H groups in total. The Kier molecular flexibility index (Phi) is 5.91. The molecule has 0 saturated carbocycles. The lowest BCUT2D eigenvalue weighted by atomic mass is 9.95. The average Bonchev–Trinajstić information content (AvgIpc) is 3.26. The number of aliphatic imine (C=N–C) groups is 1. The van der Waals surface area contributed by atoms with E-state index < -0.39 is 17.9 Å². The fourth-order valence-corrected chi connectivity index (χ4v) is 4.40. The Morgan fingerprint density at radius 1 is 0.972 bits per heavy atom. The van der Waals surface area contributed by atoms with E-state index in [9.17, 15) is 9.59 Å². The molecule has 2 heterocycles. The van der Waals surface area contributed by atoms with Crippen LogP contribution in [0.15, 0.2) is 93.5 Å². The van der Waals surface area contributed by atoms with Gasteiger partial charge in [-0.25, -0.2) is 4.99 Å². The number of hydrogen-bond donors (Lipinski definition) is 3. The Morgan fingerprint density at radius 2 is 1.67 bits per heavy atom. The third-order valence-electron chi connectivity index (χ3n) is 5.85. The topological polar surface area (TPSA) is 140 Å². The summed E-state index contributed by atoms with van der Waals surface area (Å²) in [6.07, 6.45) is 0. The molecule has 36 heavy (non-hydrogen) atoms. The second-order valence-electron chi connectivity index (χ2n) is 8.10. The highest BCUT2D eigenvalue weighted by molar-refractivity contribution is 6.31. The fraction of sp³-hybridized carbons (Fsp3) is 0.0769. The summed E-state index contributed by atoms with van der Waals surface area (Å²) in [6.45, 7) is 1.76. The van der Waals surface area contributed by atoms with E-state index in [-0.39, 0.29) is 11.6 Å². The maximum Gasteiger partial charge on any atom is 0.302 e. The number of benzene rings is 3. The molecule has 180 valence electrons. The van der Waals surface area contributed by atoms with Crippen molar-refractivity contribution in [3.05, 3.63) is 100 Å². The largest absolute Gasteiger partial charge is 0.423 e. The van der Waals surface area contributed by atoms with Gasteiger partial charge in [-0.1, -0.05) is 41.9 Å². The fourth-order valence-electron chi connectivity index (χ4n) is 4.16. The van der Waals surface area contributed by atoms with Crippen molar-refractivity contribution in [1.82, 2.24) is 4.98 Å². The highest BCUT2D eigenvalue weighted by Gasteiger charge is 2.34. The number of fused-ring (bicyclic) bond motifs is 1. The molecule has 10 heteroatoms. The van der Waals surface area contributed by atoms with Crippen LogP contribution in [-0.4, -0.2) is 22.8 Å². The molecular formula is C26H21ClN6O3. The number of guanidine groups is 1. The smallest absolute Gasteiger partial charge is 0.302 e. The first-order valence-corrected chi connectivity index (χ1v) is 11.4. The minimum absolute atomic E-state index is 0.210. The quantitative estimate of drug-likeness (QED) is 0.371. The molecule has 0 fully saturated rings. The molecule has 1 aliphatic rings. The third kappa shape index (κ3) is 4.16. The Hall–Kier alpha value is -4.63. The van der Waals surface area contributed by atoms with Gasteiger partial charge in [-0.3, -0.25) is 19.8 Å². The number of hydrogen-bond acceptors (Lipinski definition) is 7. The van der Waals surface area contributed by atoms with Crippen LogP contribution in [0.3, 0.4) is 0 Å². The first-order chi connectivity index (χ1) is 17.3. The Balaban J connectivity index is 1.67. The zero-order valence-electron chi connectivity index (χ0n) is 19.1. The standard InChI is InChI=1S/C26H21ClN6O3/c1-14-21(24(29)35)22(17-6-2-3-7-18(17)27)31-25(32-26-30-19-8-4-5-9-20(19)36-26)33(14)16-12-10-15(11-13-16)23(28)34/h2-13,22H,1H3,(H2,28,34)(H2,29,35)(H,30,31,32). The second kappa shape index (κ2) is 9.20. The molecule has 2 amide bonds. The molecule has 9 nitrogen and oxygen atoms in total. The van der Waals surface area contributed by atoms with Crippen LogP contribution >= 0.6 is 11.6 Å². The van der Waals surface area contributed by atoms with Crippen molar-refractivity contribution in [1.29, 1.82) is 0 Å². The SMILES string of the molecule is CC1=C(C(N)=O)C(c2ccccc2Cl)N=C(Nc2nc3ccccc3o2)N1c1ccc(C(N)=O)cc1. The van der Waals surface area contributed by atoms with E-state index >= 15 is 0 Å². The highest BCUT2D eigenvalue weighted by Crippen LogP contribution is 2.39. The minimum Gasteiger partial charge on any atom is -0.423 e. The molecule has 0 aliphatic carbocycles. The minimum atomic E-state index is -0.774. The molecule has 0 radical (unpaired) electrons. The second-order valence-corrected chi connectivity index (χ2v) is 8.51. The Bertz CT molecular complexity index is 1520. The van der Waals surface area contributed by atoms with E-state index in [0.717, 1.165) is 0 Å². The van der Waals surface area contributed by atoms with E-state index in [1.807, 2.05) is 24.3 Å². The predicted molar refractivity (Wildman–Crippen MR) is 139 cm³/mol. The predicted octanol–water partition coefficient (Wildman–Crippen LogP) is 4.37. The van der Waals surface area contributed by atoms with Crippen molar-refractivity contribution < 1.29 is 14.0 Å². The van der Waals surface area contributed by atoms with Crippen LogP contribution in [0.4, 0.5) is 11.7 Å². The van der Waals surface area contributed by atoms with Crippen LogP contribution in [0, 0.1) is 0 Å². The average molecular weight is 501 g/mol. The van der Waals surface area contributed by atoms with Crippen LogP contribution in [0.1, 0.15) is 28.9 Å². The lowest BCUT2D eigenvalue weighted by molar-refractivity contribution is -0.114. The van der Waals surface area contributed by atoms with Gasteiger partial charge in [0.2, 0.25) is 17.8 Å². The van der Waals surface area contributed by atoms with Crippen molar-refractivity contribution in [2.75, 3.05) is 10.2 Å². The molecule has 0 spiro atoms. The van der Waals surface area contributed by atoms with Gasteiger partial charge < -0.3 is 15.9 Å². The monoisotopic (exact) mass is 500 g/mol. The number of nitrogens with one attached hydrogen (secondary N) is 1. The van der Waals surface area contributed by atoms with Gasteiger partial charge in [0.25, 0.3) is 0 Å². The number of nitrogens with two attached hydrogens (primary N) is 2. The number of amides is 2. The van der Waals surface area contributed by atoms with Gasteiger partial charge in [0, 0.05) is 27.5 Å². The van der Waals surface area contributed by atoms with E-state index in [1.165, 1.54) is 0 Å². The molecule has 1 aromatic heterocycles. The van der Waals surface area contributed by atoms with Crippen LogP contribution in [0.5, 0.6) is 0 Å². The van der Waals surface area contributed by atoms with Crippen molar-refractivity contribution in [3.63, 3.8) is 0 Å². The molecule has 0 bridgehead atoms. The molecular weight excluding hydrogens is 480 g/mol. The number of halogens is 1. The van der Waals surface area contributed by atoms with Crippen LogP contribution in [0.25, 0.3) is 11.1 Å². The first kappa shape index (κ1) is 23.1. The molecule has 1 unspecified atom stereocenters. The number of anilines is 2. The van der Waals surface area contributed by atoms with Crippen molar-refractivity contribution >= 4 is 52.2 Å². The molecule has 0 saturated heterocycles. The van der Waals surface area contributed by atoms with Crippen LogP contribution < -0.4 is 21.7 Å². The summed E-state index contributed by atoms with van der Waals surface area (Å²) in [5.41, 5.74) is 14.9. The van der Waals surface area contributed by atoms with Gasteiger partial charge in [-0.05, 0) is 49.4 Å². The van der Waals surface area contributed by atoms with E-state index in [4.69, 9.17) is 32.5 Å². The van der Waals surface area contributed by atoms with Gasteiger partial charge in [0.05, 0.1) is 5.57 Å². The summed E-state index contributed by atoms with van der Waals surface area (Å²) in [5, 5.41) is 3.59. The third-order valence-corrected chi connectivity index (χ3v) is 6.19. The maximum atomic E-state index is 12.7. The number of oxazole rings is 1. The summed E-state index contributed by atoms with van der Waals surface area (Å²) in [5.74, 6) is -0.871. The van der Waals surface area contributed by atoms with Crippen molar-refractivity contribution in [2.45, 2.75) is 13.0 Å². The van der Waals surface area contributed by atoms with Gasteiger partial charge in [0.1, 0.15) is 11.6 Å². The number of rotatable bonds is 5. The first-order valence-electron chi connectivity index (χ1n) is 11.0. The summed E-state index contributed by atoms with van der Waals surface area (Å²) < 4.78 is 5.86. The Labute approximate surface area is 211 Å². The van der Waals surface area contributed by atoms with Gasteiger partial charge in [-0.2, -0.15) is 4.98 Å². The van der Waals surface area contributed by atoms with Crippen LogP contribution in [-0.2, 0) is 4.79 Å². The number of nitrogens with zero attached hydrogens (tertiary/aromatic N) is 3. The van der Waals surface area contributed by atoms with Crippen molar-refractivity contribution in [2.24, 2.45) is 16.5 Å². The van der Waals surface area contributed by atoms with E-state index in [0.29, 0.717) is 44.6 Å². The normalized spacial score (nSPS) is 15.7. The number of primary amides is 2. The highest BCUT2D eigenvalue weighted by atomic mass is 35.5. The summed E-state index contributed by atoms with van der Waals surface area (Å²) in [4.78, 5) is 35.3. The summed E-state index contributed by atoms with van der Waals surface area (Å²) >= 11 is 6.48. The lowest BCUT2D eigenvalue weighted by Gasteiger charge is -2.34. The van der Waals surface area contributed by atoms with E-state index in [1.54, 1.807) is 60.4 Å². The number of para-hydroxylation sites is 2. The number of aromatic nitrogens is 1.